The molecule has 2 rings (SSSR count). The predicted octanol–water partition coefficient (Wildman–Crippen LogP) is 1.98. The summed E-state index contributed by atoms with van der Waals surface area (Å²) in [5.74, 6) is -0.340. The SMILES string of the molecule is O=Cc1ncn(-c2ccc(OC(F)(F)F)cc2)n1. The first-order valence-corrected chi connectivity index (χ1v) is 4.71. The van der Waals surface area contributed by atoms with Crippen molar-refractivity contribution in [1.82, 2.24) is 14.8 Å². The first kappa shape index (κ1) is 12.1. The van der Waals surface area contributed by atoms with Gasteiger partial charge in [0.25, 0.3) is 0 Å². The number of aldehydes is 1. The van der Waals surface area contributed by atoms with Crippen molar-refractivity contribution in [2.75, 3.05) is 0 Å². The Balaban J connectivity index is 2.19. The minimum atomic E-state index is -4.72. The second kappa shape index (κ2) is 4.47. The Bertz CT molecular complexity index is 548. The summed E-state index contributed by atoms with van der Waals surface area (Å²) >= 11 is 0. The molecule has 0 aliphatic heterocycles. The van der Waals surface area contributed by atoms with Crippen LogP contribution in [0.3, 0.4) is 0 Å². The largest absolute Gasteiger partial charge is 0.573 e. The first-order valence-electron chi connectivity index (χ1n) is 4.71. The number of alkyl halides is 3. The van der Waals surface area contributed by atoms with Gasteiger partial charge in [-0.25, -0.2) is 9.67 Å². The average molecular weight is 257 g/mol. The molecule has 1 aromatic heterocycles. The summed E-state index contributed by atoms with van der Waals surface area (Å²) in [6.45, 7) is 0. The maximum atomic E-state index is 11.9. The van der Waals surface area contributed by atoms with E-state index in [2.05, 4.69) is 14.8 Å². The number of nitrogens with zero attached hydrogens (tertiary/aromatic N) is 3. The van der Waals surface area contributed by atoms with Crippen LogP contribution in [0, 0.1) is 0 Å². The highest BCUT2D eigenvalue weighted by molar-refractivity contribution is 5.68. The van der Waals surface area contributed by atoms with E-state index in [-0.39, 0.29) is 11.6 Å². The fourth-order valence-electron chi connectivity index (χ4n) is 1.25. The normalized spacial score (nSPS) is 11.3. The van der Waals surface area contributed by atoms with E-state index in [1.165, 1.54) is 23.1 Å². The van der Waals surface area contributed by atoms with E-state index >= 15 is 0 Å². The maximum Gasteiger partial charge on any atom is 0.573 e. The summed E-state index contributed by atoms with van der Waals surface area (Å²) in [6.07, 6.45) is -2.97. The van der Waals surface area contributed by atoms with Crippen molar-refractivity contribution in [2.24, 2.45) is 0 Å². The molecule has 0 fully saturated rings. The third kappa shape index (κ3) is 2.84. The summed E-state index contributed by atoms with van der Waals surface area (Å²) in [4.78, 5) is 14.0. The summed E-state index contributed by atoms with van der Waals surface area (Å²) in [6, 6.07) is 5.02. The second-order valence-corrected chi connectivity index (χ2v) is 3.21. The Hall–Kier alpha value is -2.38. The summed E-state index contributed by atoms with van der Waals surface area (Å²) in [5, 5.41) is 3.78. The Kier molecular flexibility index (Phi) is 3.00. The number of hydrogen-bond acceptors (Lipinski definition) is 4. The monoisotopic (exact) mass is 257 g/mol. The van der Waals surface area contributed by atoms with Crippen molar-refractivity contribution in [1.29, 1.82) is 0 Å². The molecule has 0 unspecified atom stereocenters. The van der Waals surface area contributed by atoms with E-state index in [9.17, 15) is 18.0 Å². The predicted molar refractivity (Wildman–Crippen MR) is 53.4 cm³/mol. The molecule has 1 heterocycles. The Morgan fingerprint density at radius 1 is 1.22 bits per heavy atom. The van der Waals surface area contributed by atoms with E-state index in [0.29, 0.717) is 12.0 Å². The molecule has 0 aliphatic carbocycles. The van der Waals surface area contributed by atoms with Gasteiger partial charge >= 0.3 is 6.36 Å². The first-order chi connectivity index (χ1) is 8.48. The molecule has 18 heavy (non-hydrogen) atoms. The van der Waals surface area contributed by atoms with Gasteiger partial charge in [-0.3, -0.25) is 4.79 Å². The van der Waals surface area contributed by atoms with E-state index in [1.807, 2.05) is 0 Å². The van der Waals surface area contributed by atoms with E-state index in [0.717, 1.165) is 12.1 Å². The van der Waals surface area contributed by atoms with Gasteiger partial charge in [-0.2, -0.15) is 0 Å². The molecule has 0 aliphatic rings. The topological polar surface area (TPSA) is 57.0 Å². The molecule has 0 N–H and O–H groups in total. The molecular formula is C10H6F3N3O2. The molecule has 94 valence electrons. The van der Waals surface area contributed by atoms with Gasteiger partial charge in [0.2, 0.25) is 5.82 Å². The lowest BCUT2D eigenvalue weighted by molar-refractivity contribution is -0.274. The molecule has 1 aromatic carbocycles. The van der Waals surface area contributed by atoms with Crippen molar-refractivity contribution in [3.8, 4) is 11.4 Å². The zero-order chi connectivity index (χ0) is 13.2. The van der Waals surface area contributed by atoms with Crippen molar-refractivity contribution < 1.29 is 22.7 Å². The number of halogens is 3. The van der Waals surface area contributed by atoms with Crippen LogP contribution in [-0.4, -0.2) is 27.4 Å². The summed E-state index contributed by atoms with van der Waals surface area (Å²) in [5.41, 5.74) is 0.463. The van der Waals surface area contributed by atoms with Crippen LogP contribution < -0.4 is 4.74 Å². The minimum absolute atomic E-state index is 0.00869. The number of carbonyl (C=O) groups excluding carboxylic acids is 1. The highest BCUT2D eigenvalue weighted by Gasteiger charge is 2.30. The Labute approximate surface area is 98.8 Å². The standard InChI is InChI=1S/C10H6F3N3O2/c11-10(12,13)18-8-3-1-7(2-4-8)16-6-14-9(5-17)15-16/h1-6H. The fraction of sp³-hybridized carbons (Fsp3) is 0.100. The van der Waals surface area contributed by atoms with Gasteiger partial charge in [0.05, 0.1) is 5.69 Å². The van der Waals surface area contributed by atoms with Crippen molar-refractivity contribution in [2.45, 2.75) is 6.36 Å². The number of benzene rings is 1. The fourth-order valence-corrected chi connectivity index (χ4v) is 1.25. The smallest absolute Gasteiger partial charge is 0.406 e. The Morgan fingerprint density at radius 2 is 1.89 bits per heavy atom. The molecule has 8 heteroatoms. The Morgan fingerprint density at radius 3 is 2.39 bits per heavy atom. The minimum Gasteiger partial charge on any atom is -0.406 e. The van der Waals surface area contributed by atoms with Crippen LogP contribution in [0.4, 0.5) is 13.2 Å². The van der Waals surface area contributed by atoms with Crippen molar-refractivity contribution in [3.63, 3.8) is 0 Å². The van der Waals surface area contributed by atoms with Crippen LogP contribution in [0.25, 0.3) is 5.69 Å². The second-order valence-electron chi connectivity index (χ2n) is 3.21. The zero-order valence-corrected chi connectivity index (χ0v) is 8.76. The van der Waals surface area contributed by atoms with E-state index in [1.54, 1.807) is 0 Å². The number of aromatic nitrogens is 3. The van der Waals surface area contributed by atoms with Crippen LogP contribution in [-0.2, 0) is 0 Å². The molecule has 0 amide bonds. The number of hydrogen-bond donors (Lipinski definition) is 0. The molecule has 0 spiro atoms. The molecule has 0 saturated heterocycles. The third-order valence-electron chi connectivity index (χ3n) is 1.95. The van der Waals surface area contributed by atoms with Gasteiger partial charge in [-0.05, 0) is 24.3 Å². The van der Waals surface area contributed by atoms with Crippen molar-refractivity contribution in [3.05, 3.63) is 36.4 Å². The quantitative estimate of drug-likeness (QED) is 0.789. The number of carbonyl (C=O) groups is 1. The lowest BCUT2D eigenvalue weighted by Gasteiger charge is -2.08. The van der Waals surface area contributed by atoms with Gasteiger partial charge in [-0.15, -0.1) is 18.3 Å². The third-order valence-corrected chi connectivity index (χ3v) is 1.95. The lowest BCUT2D eigenvalue weighted by atomic mass is 10.3. The zero-order valence-electron chi connectivity index (χ0n) is 8.76. The molecule has 0 saturated carbocycles. The van der Waals surface area contributed by atoms with Crippen LogP contribution in [0.15, 0.2) is 30.6 Å². The van der Waals surface area contributed by atoms with Crippen LogP contribution in [0.2, 0.25) is 0 Å². The highest BCUT2D eigenvalue weighted by Crippen LogP contribution is 2.23. The molecular weight excluding hydrogens is 251 g/mol. The molecule has 0 atom stereocenters. The van der Waals surface area contributed by atoms with Crippen LogP contribution >= 0.6 is 0 Å². The van der Waals surface area contributed by atoms with Gasteiger partial charge in [-0.1, -0.05) is 0 Å². The number of ether oxygens (including phenoxy) is 1. The van der Waals surface area contributed by atoms with Gasteiger partial charge in [0, 0.05) is 0 Å². The van der Waals surface area contributed by atoms with E-state index in [4.69, 9.17) is 0 Å². The van der Waals surface area contributed by atoms with Gasteiger partial charge < -0.3 is 4.74 Å². The lowest BCUT2D eigenvalue weighted by Crippen LogP contribution is -2.17. The molecule has 2 aromatic rings. The van der Waals surface area contributed by atoms with Crippen molar-refractivity contribution >= 4 is 6.29 Å². The summed E-state index contributed by atoms with van der Waals surface area (Å²) in [7, 11) is 0. The maximum absolute atomic E-state index is 11.9. The van der Waals surface area contributed by atoms with Crippen LogP contribution in [0.1, 0.15) is 10.6 Å². The molecule has 0 bridgehead atoms. The molecule has 5 nitrogen and oxygen atoms in total. The number of rotatable bonds is 3. The summed E-state index contributed by atoms with van der Waals surface area (Å²) < 4.78 is 40.8. The van der Waals surface area contributed by atoms with E-state index < -0.39 is 6.36 Å². The van der Waals surface area contributed by atoms with Gasteiger partial charge in [0.1, 0.15) is 12.1 Å². The average Bonchev–Trinajstić information content (AvgIpc) is 2.76. The highest BCUT2D eigenvalue weighted by atomic mass is 19.4. The molecule has 0 radical (unpaired) electrons. The van der Waals surface area contributed by atoms with Crippen LogP contribution in [0.5, 0.6) is 5.75 Å². The van der Waals surface area contributed by atoms with Gasteiger partial charge in [0.15, 0.2) is 6.29 Å².